The Morgan fingerprint density at radius 3 is 2.69 bits per heavy atom. The summed E-state index contributed by atoms with van der Waals surface area (Å²) in [6, 6.07) is 8.78. The fourth-order valence-electron chi connectivity index (χ4n) is 3.72. The molecule has 8 heteroatoms. The van der Waals surface area contributed by atoms with Gasteiger partial charge in [-0.3, -0.25) is 4.79 Å². The van der Waals surface area contributed by atoms with Crippen LogP contribution in [-0.2, 0) is 29.1 Å². The molecule has 29 heavy (non-hydrogen) atoms. The summed E-state index contributed by atoms with van der Waals surface area (Å²) in [6.07, 6.45) is 6.83. The van der Waals surface area contributed by atoms with E-state index >= 15 is 0 Å². The van der Waals surface area contributed by atoms with Crippen LogP contribution in [0.2, 0.25) is 0 Å². The summed E-state index contributed by atoms with van der Waals surface area (Å²) < 4.78 is 6.79. The van der Waals surface area contributed by atoms with Crippen LogP contribution in [0.15, 0.2) is 30.3 Å². The second-order valence-electron chi connectivity index (χ2n) is 7.59. The van der Waals surface area contributed by atoms with E-state index in [0.717, 1.165) is 17.8 Å². The highest BCUT2D eigenvalue weighted by Gasteiger charge is 2.23. The van der Waals surface area contributed by atoms with E-state index in [2.05, 4.69) is 20.8 Å². The van der Waals surface area contributed by atoms with Gasteiger partial charge in [-0.1, -0.05) is 69.4 Å². The maximum Gasteiger partial charge on any atom is 0.408 e. The third kappa shape index (κ3) is 6.37. The van der Waals surface area contributed by atoms with E-state index < -0.39 is 12.1 Å². The van der Waals surface area contributed by atoms with Crippen molar-refractivity contribution in [1.82, 2.24) is 25.5 Å². The summed E-state index contributed by atoms with van der Waals surface area (Å²) >= 11 is 0. The van der Waals surface area contributed by atoms with E-state index in [1.807, 2.05) is 37.3 Å². The summed E-state index contributed by atoms with van der Waals surface area (Å²) in [7, 11) is 0. The average molecular weight is 399 g/mol. The Morgan fingerprint density at radius 1 is 1.21 bits per heavy atom. The normalized spacial score (nSPS) is 15.6. The van der Waals surface area contributed by atoms with Crippen molar-refractivity contribution >= 4 is 11.9 Å². The SMILES string of the molecule is CCC(NC(=O)OCc1ccccc1)C(=O)Cn1nnnc1CC1CCCCC1. The molecule has 2 aromatic rings. The van der Waals surface area contributed by atoms with Gasteiger partial charge in [-0.25, -0.2) is 9.48 Å². The van der Waals surface area contributed by atoms with Gasteiger partial charge in [0, 0.05) is 6.42 Å². The number of nitrogens with zero attached hydrogens (tertiary/aromatic N) is 4. The Kier molecular flexibility index (Phi) is 7.72. The van der Waals surface area contributed by atoms with Gasteiger partial charge in [0.1, 0.15) is 13.2 Å². The maximum absolute atomic E-state index is 12.7. The van der Waals surface area contributed by atoms with Gasteiger partial charge in [0.05, 0.1) is 6.04 Å². The Balaban J connectivity index is 1.50. The number of Topliss-reactive ketones (excluding diaryl/α,β-unsaturated/α-hetero) is 1. The molecule has 8 nitrogen and oxygen atoms in total. The second kappa shape index (κ2) is 10.7. The lowest BCUT2D eigenvalue weighted by atomic mass is 9.87. The van der Waals surface area contributed by atoms with Crippen LogP contribution < -0.4 is 5.32 Å². The van der Waals surface area contributed by atoms with Gasteiger partial charge in [-0.15, -0.1) is 5.10 Å². The van der Waals surface area contributed by atoms with Crippen molar-refractivity contribution in [2.24, 2.45) is 5.92 Å². The average Bonchev–Trinajstić information content (AvgIpc) is 3.18. The Hall–Kier alpha value is -2.77. The van der Waals surface area contributed by atoms with Crippen LogP contribution in [0.1, 0.15) is 56.8 Å². The minimum atomic E-state index is -0.634. The zero-order valence-electron chi connectivity index (χ0n) is 16.9. The topological polar surface area (TPSA) is 99.0 Å². The summed E-state index contributed by atoms with van der Waals surface area (Å²) in [5.74, 6) is 1.18. The standard InChI is InChI=1S/C21H29N5O3/c1-2-18(22-21(28)29-15-17-11-7-4-8-12-17)19(27)14-26-20(23-24-25-26)13-16-9-5-3-6-10-16/h4,7-8,11-12,16,18H,2-3,5-6,9-10,13-15H2,1H3,(H,22,28). The molecule has 0 spiro atoms. The number of hydrogen-bond donors (Lipinski definition) is 1. The number of hydrogen-bond acceptors (Lipinski definition) is 6. The molecule has 3 rings (SSSR count). The molecule has 1 fully saturated rings. The van der Waals surface area contributed by atoms with Crippen molar-refractivity contribution in [3.8, 4) is 0 Å². The van der Waals surface area contributed by atoms with Crippen LogP contribution >= 0.6 is 0 Å². The zero-order chi connectivity index (χ0) is 20.5. The zero-order valence-corrected chi connectivity index (χ0v) is 16.9. The lowest BCUT2D eigenvalue weighted by Gasteiger charge is -2.21. The molecule has 1 heterocycles. The first kappa shape index (κ1) is 21.0. The van der Waals surface area contributed by atoms with E-state index in [9.17, 15) is 9.59 Å². The molecule has 156 valence electrons. The van der Waals surface area contributed by atoms with E-state index in [4.69, 9.17) is 4.74 Å². The van der Waals surface area contributed by atoms with Crippen LogP contribution in [0.5, 0.6) is 0 Å². The number of amides is 1. The molecular weight excluding hydrogens is 370 g/mol. The van der Waals surface area contributed by atoms with Crippen LogP contribution in [0.25, 0.3) is 0 Å². The van der Waals surface area contributed by atoms with Crippen molar-refractivity contribution in [2.75, 3.05) is 0 Å². The number of benzene rings is 1. The molecular formula is C21H29N5O3. The molecule has 0 radical (unpaired) electrons. The molecule has 0 aliphatic heterocycles. The van der Waals surface area contributed by atoms with Crippen molar-refractivity contribution in [3.05, 3.63) is 41.7 Å². The largest absolute Gasteiger partial charge is 0.445 e. The lowest BCUT2D eigenvalue weighted by molar-refractivity contribution is -0.121. The van der Waals surface area contributed by atoms with E-state index in [1.54, 1.807) is 4.68 Å². The molecule has 1 N–H and O–H groups in total. The maximum atomic E-state index is 12.7. The lowest BCUT2D eigenvalue weighted by Crippen LogP contribution is -2.42. The molecule has 1 aromatic carbocycles. The van der Waals surface area contributed by atoms with Crippen LogP contribution in [0, 0.1) is 5.92 Å². The molecule has 0 bridgehead atoms. The van der Waals surface area contributed by atoms with Gasteiger partial charge >= 0.3 is 6.09 Å². The summed E-state index contributed by atoms with van der Waals surface area (Å²) in [6.45, 7) is 2.06. The highest BCUT2D eigenvalue weighted by molar-refractivity contribution is 5.87. The van der Waals surface area contributed by atoms with E-state index in [0.29, 0.717) is 12.3 Å². The van der Waals surface area contributed by atoms with Crippen LogP contribution in [-0.4, -0.2) is 38.1 Å². The van der Waals surface area contributed by atoms with Gasteiger partial charge in [0.2, 0.25) is 0 Å². The Morgan fingerprint density at radius 2 is 1.97 bits per heavy atom. The number of carbonyl (C=O) groups is 2. The fraction of sp³-hybridized carbons (Fsp3) is 0.571. The number of nitrogens with one attached hydrogen (secondary N) is 1. The summed E-state index contributed by atoms with van der Waals surface area (Å²) in [5, 5.41) is 14.5. The van der Waals surface area contributed by atoms with Gasteiger partial charge in [0.15, 0.2) is 11.6 Å². The first-order chi connectivity index (χ1) is 14.2. The van der Waals surface area contributed by atoms with Gasteiger partial charge < -0.3 is 10.1 Å². The molecule has 1 saturated carbocycles. The Bertz CT molecular complexity index is 787. The fourth-order valence-corrected chi connectivity index (χ4v) is 3.72. The summed E-state index contributed by atoms with van der Waals surface area (Å²) in [4.78, 5) is 24.8. The molecule has 0 saturated heterocycles. The number of aromatic nitrogens is 4. The van der Waals surface area contributed by atoms with Gasteiger partial charge in [-0.05, 0) is 28.3 Å². The van der Waals surface area contributed by atoms with Crippen LogP contribution in [0.3, 0.4) is 0 Å². The number of rotatable bonds is 9. The monoisotopic (exact) mass is 399 g/mol. The third-order valence-corrected chi connectivity index (χ3v) is 5.41. The molecule has 1 unspecified atom stereocenters. The number of alkyl carbamates (subject to hydrolysis) is 1. The van der Waals surface area contributed by atoms with Gasteiger partial charge in [0.25, 0.3) is 0 Å². The van der Waals surface area contributed by atoms with Crippen molar-refractivity contribution in [3.63, 3.8) is 0 Å². The van der Waals surface area contributed by atoms with Crippen LogP contribution in [0.4, 0.5) is 4.79 Å². The number of tetrazole rings is 1. The van der Waals surface area contributed by atoms with Gasteiger partial charge in [-0.2, -0.15) is 0 Å². The predicted molar refractivity (Wildman–Crippen MR) is 107 cm³/mol. The molecule has 1 amide bonds. The smallest absolute Gasteiger partial charge is 0.408 e. The highest BCUT2D eigenvalue weighted by Crippen LogP contribution is 2.26. The molecule has 1 aliphatic rings. The molecule has 1 atom stereocenters. The van der Waals surface area contributed by atoms with E-state index in [1.165, 1.54) is 32.1 Å². The minimum Gasteiger partial charge on any atom is -0.445 e. The second-order valence-corrected chi connectivity index (χ2v) is 7.59. The summed E-state index contributed by atoms with van der Waals surface area (Å²) in [5.41, 5.74) is 0.892. The quantitative estimate of drug-likeness (QED) is 0.696. The number of ketones is 1. The predicted octanol–water partition coefficient (Wildman–Crippen LogP) is 3.07. The highest BCUT2D eigenvalue weighted by atomic mass is 16.5. The van der Waals surface area contributed by atoms with Crippen molar-refractivity contribution < 1.29 is 14.3 Å². The first-order valence-corrected chi connectivity index (χ1v) is 10.4. The van der Waals surface area contributed by atoms with Crippen molar-refractivity contribution in [2.45, 2.75) is 71.1 Å². The third-order valence-electron chi connectivity index (χ3n) is 5.41. The molecule has 1 aliphatic carbocycles. The first-order valence-electron chi connectivity index (χ1n) is 10.4. The van der Waals surface area contributed by atoms with Crippen molar-refractivity contribution in [1.29, 1.82) is 0 Å². The number of carbonyl (C=O) groups excluding carboxylic acids is 2. The Labute approximate surface area is 171 Å². The van der Waals surface area contributed by atoms with E-state index in [-0.39, 0.29) is 18.9 Å². The molecule has 1 aromatic heterocycles. The number of ether oxygens (including phenoxy) is 1. The minimum absolute atomic E-state index is 0.0481.